The lowest BCUT2D eigenvalue weighted by Crippen LogP contribution is -2.35. The van der Waals surface area contributed by atoms with Crippen molar-refractivity contribution < 1.29 is 4.79 Å². The normalized spacial score (nSPS) is 12.8. The molecule has 1 amide bonds. The number of hydrogen-bond acceptors (Lipinski definition) is 5. The molecule has 0 fully saturated rings. The van der Waals surface area contributed by atoms with Crippen LogP contribution in [-0.2, 0) is 11.8 Å². The Morgan fingerprint density at radius 1 is 1.00 bits per heavy atom. The highest BCUT2D eigenvalue weighted by molar-refractivity contribution is 5.94. The minimum Gasteiger partial charge on any atom is -0.309 e. The first-order valence-corrected chi connectivity index (χ1v) is 11.0. The van der Waals surface area contributed by atoms with Gasteiger partial charge in [0.1, 0.15) is 17.6 Å². The minimum absolute atomic E-state index is 0.156. The number of aryl methyl sites for hydroxylation is 2. The van der Waals surface area contributed by atoms with Gasteiger partial charge in [0, 0.05) is 25.4 Å². The molecule has 2 heterocycles. The molecule has 2 aromatic carbocycles. The highest BCUT2D eigenvalue weighted by Crippen LogP contribution is 2.21. The quantitative estimate of drug-likeness (QED) is 0.428. The van der Waals surface area contributed by atoms with E-state index < -0.39 is 6.04 Å². The highest BCUT2D eigenvalue weighted by atomic mass is 16.2. The summed E-state index contributed by atoms with van der Waals surface area (Å²) in [5.41, 5.74) is 4.95. The van der Waals surface area contributed by atoms with Crippen molar-refractivity contribution in [2.24, 2.45) is 7.05 Å². The van der Waals surface area contributed by atoms with Crippen LogP contribution in [-0.4, -0.2) is 32.4 Å². The van der Waals surface area contributed by atoms with E-state index in [1.165, 1.54) is 11.1 Å². The number of amides is 1. The van der Waals surface area contributed by atoms with E-state index in [0.29, 0.717) is 12.4 Å². The fraction of sp³-hybridized carbons (Fsp3) is 0.231. The van der Waals surface area contributed by atoms with Gasteiger partial charge in [0.15, 0.2) is 0 Å². The van der Waals surface area contributed by atoms with E-state index in [1.54, 1.807) is 16.9 Å². The van der Waals surface area contributed by atoms with Crippen molar-refractivity contribution in [2.45, 2.75) is 25.8 Å². The molecule has 2 aromatic heterocycles. The number of nitrogens with zero attached hydrogens (tertiary/aromatic N) is 4. The summed E-state index contributed by atoms with van der Waals surface area (Å²) < 4.78 is 1.64. The van der Waals surface area contributed by atoms with Gasteiger partial charge in [-0.05, 0) is 36.1 Å². The van der Waals surface area contributed by atoms with E-state index in [2.05, 4.69) is 64.0 Å². The number of carbonyl (C=O) groups is 1. The van der Waals surface area contributed by atoms with Crippen molar-refractivity contribution >= 4 is 11.7 Å². The van der Waals surface area contributed by atoms with Crippen molar-refractivity contribution in [1.29, 1.82) is 0 Å². The molecule has 2 atom stereocenters. The van der Waals surface area contributed by atoms with Gasteiger partial charge in [0.2, 0.25) is 5.91 Å². The van der Waals surface area contributed by atoms with Crippen LogP contribution in [0.1, 0.15) is 35.6 Å². The monoisotopic (exact) mass is 440 g/mol. The van der Waals surface area contributed by atoms with Gasteiger partial charge >= 0.3 is 0 Å². The second-order valence-corrected chi connectivity index (χ2v) is 8.26. The Hall–Kier alpha value is -3.84. The molecular formula is C26H28N6O. The average molecular weight is 441 g/mol. The molecule has 0 bridgehead atoms. The van der Waals surface area contributed by atoms with Crippen LogP contribution in [0, 0.1) is 6.92 Å². The number of hydrogen-bond donors (Lipinski definition) is 2. The van der Waals surface area contributed by atoms with Crippen LogP contribution < -0.4 is 10.6 Å². The summed E-state index contributed by atoms with van der Waals surface area (Å²) in [5.74, 6) is 0.591. The lowest BCUT2D eigenvalue weighted by Gasteiger charge is -2.21. The summed E-state index contributed by atoms with van der Waals surface area (Å²) >= 11 is 0. The lowest BCUT2D eigenvalue weighted by molar-refractivity contribution is -0.118. The van der Waals surface area contributed by atoms with Gasteiger partial charge in [-0.1, -0.05) is 72.3 Å². The third-order valence-electron chi connectivity index (χ3n) is 5.58. The number of nitrogens with one attached hydrogen (secondary N) is 2. The molecule has 168 valence electrons. The maximum Gasteiger partial charge on any atom is 0.247 e. The fourth-order valence-electron chi connectivity index (χ4n) is 3.61. The van der Waals surface area contributed by atoms with Crippen LogP contribution in [0.4, 0.5) is 5.82 Å². The summed E-state index contributed by atoms with van der Waals surface area (Å²) in [6.07, 6.45) is 3.50. The highest BCUT2D eigenvalue weighted by Gasteiger charge is 2.21. The molecule has 4 rings (SSSR count). The van der Waals surface area contributed by atoms with Crippen molar-refractivity contribution in [3.05, 3.63) is 95.8 Å². The molecule has 0 saturated carbocycles. The molecule has 1 unspecified atom stereocenters. The summed E-state index contributed by atoms with van der Waals surface area (Å²) in [7, 11) is 1.81. The number of benzene rings is 2. The number of rotatable bonds is 8. The molecule has 33 heavy (non-hydrogen) atoms. The van der Waals surface area contributed by atoms with E-state index in [1.807, 2.05) is 49.6 Å². The Bertz CT molecular complexity index is 1190. The number of anilines is 1. The number of carbonyl (C=O) groups excluding carboxylic acids is 1. The zero-order chi connectivity index (χ0) is 23.2. The zero-order valence-corrected chi connectivity index (χ0v) is 19.1. The third kappa shape index (κ3) is 5.70. The molecule has 0 aliphatic rings. The van der Waals surface area contributed by atoms with Gasteiger partial charge in [0.05, 0.1) is 6.20 Å². The molecule has 2 N–H and O–H groups in total. The maximum atomic E-state index is 13.2. The molecule has 0 aliphatic heterocycles. The van der Waals surface area contributed by atoms with Crippen LogP contribution in [0.25, 0.3) is 11.3 Å². The van der Waals surface area contributed by atoms with Crippen LogP contribution in [0.2, 0.25) is 0 Å². The van der Waals surface area contributed by atoms with Gasteiger partial charge < -0.3 is 10.6 Å². The molecule has 0 saturated heterocycles. The Kier molecular flexibility index (Phi) is 6.90. The van der Waals surface area contributed by atoms with Crippen molar-refractivity contribution in [3.8, 4) is 11.3 Å². The third-order valence-corrected chi connectivity index (χ3v) is 5.58. The Labute approximate surface area is 193 Å². The predicted octanol–water partition coefficient (Wildman–Crippen LogP) is 4.26. The SMILES string of the molecule is Cc1ccc(C(C)CN[C@H](C(=O)Nc2ccc(-c3cn(C)nn3)cn2)c2ccccc2)cc1. The first-order chi connectivity index (χ1) is 16.0. The van der Waals surface area contributed by atoms with Crippen molar-refractivity contribution in [1.82, 2.24) is 25.3 Å². The summed E-state index contributed by atoms with van der Waals surface area (Å²) in [5, 5.41) is 14.4. The minimum atomic E-state index is -0.499. The van der Waals surface area contributed by atoms with Gasteiger partial charge in [-0.3, -0.25) is 9.48 Å². The first kappa shape index (κ1) is 22.4. The van der Waals surface area contributed by atoms with E-state index in [0.717, 1.165) is 16.8 Å². The summed E-state index contributed by atoms with van der Waals surface area (Å²) in [4.78, 5) is 17.6. The molecule has 7 nitrogen and oxygen atoms in total. The van der Waals surface area contributed by atoms with Crippen molar-refractivity contribution in [2.75, 3.05) is 11.9 Å². The van der Waals surface area contributed by atoms with Crippen LogP contribution in [0.5, 0.6) is 0 Å². The Morgan fingerprint density at radius 2 is 1.76 bits per heavy atom. The van der Waals surface area contributed by atoms with E-state index in [4.69, 9.17) is 0 Å². The number of pyridine rings is 1. The topological polar surface area (TPSA) is 84.7 Å². The van der Waals surface area contributed by atoms with Crippen LogP contribution >= 0.6 is 0 Å². The van der Waals surface area contributed by atoms with E-state index in [9.17, 15) is 4.79 Å². The fourth-order valence-corrected chi connectivity index (χ4v) is 3.61. The molecular weight excluding hydrogens is 412 g/mol. The molecule has 0 spiro atoms. The second-order valence-electron chi connectivity index (χ2n) is 8.26. The van der Waals surface area contributed by atoms with Gasteiger partial charge in [-0.25, -0.2) is 4.98 Å². The van der Waals surface area contributed by atoms with Gasteiger partial charge in [-0.15, -0.1) is 5.10 Å². The number of aromatic nitrogens is 4. The Morgan fingerprint density at radius 3 is 2.39 bits per heavy atom. The van der Waals surface area contributed by atoms with Gasteiger partial charge in [0.25, 0.3) is 0 Å². The smallest absolute Gasteiger partial charge is 0.247 e. The van der Waals surface area contributed by atoms with E-state index in [-0.39, 0.29) is 11.8 Å². The standard InChI is InChI=1S/C26H28N6O/c1-18-9-11-20(12-10-18)19(2)15-28-25(21-7-5-4-6-8-21)26(33)29-24-14-13-22(16-27-24)23-17-32(3)31-30-23/h4-14,16-17,19,25,28H,15H2,1-3H3,(H,27,29,33)/t19?,25-/m0/s1. The van der Waals surface area contributed by atoms with Crippen LogP contribution in [0.3, 0.4) is 0 Å². The summed E-state index contributed by atoms with van der Waals surface area (Å²) in [6.45, 7) is 4.90. The lowest BCUT2D eigenvalue weighted by atomic mass is 9.98. The van der Waals surface area contributed by atoms with Crippen LogP contribution in [0.15, 0.2) is 79.1 Å². The van der Waals surface area contributed by atoms with E-state index >= 15 is 0 Å². The summed E-state index contributed by atoms with van der Waals surface area (Å²) in [6, 6.07) is 21.4. The zero-order valence-electron chi connectivity index (χ0n) is 19.1. The molecule has 0 aliphatic carbocycles. The van der Waals surface area contributed by atoms with Gasteiger partial charge in [-0.2, -0.15) is 0 Å². The predicted molar refractivity (Wildman–Crippen MR) is 130 cm³/mol. The first-order valence-electron chi connectivity index (χ1n) is 11.0. The largest absolute Gasteiger partial charge is 0.309 e. The molecule has 0 radical (unpaired) electrons. The Balaban J connectivity index is 1.46. The maximum absolute atomic E-state index is 13.2. The molecule has 7 heteroatoms. The average Bonchev–Trinajstić information content (AvgIpc) is 3.27. The molecule has 4 aromatic rings. The second kappa shape index (κ2) is 10.2. The van der Waals surface area contributed by atoms with Crippen molar-refractivity contribution in [3.63, 3.8) is 0 Å².